The van der Waals surface area contributed by atoms with Crippen LogP contribution in [0.2, 0.25) is 0 Å². The predicted octanol–water partition coefficient (Wildman–Crippen LogP) is 2.17. The summed E-state index contributed by atoms with van der Waals surface area (Å²) in [6, 6.07) is 8.06. The first kappa shape index (κ1) is 14.5. The van der Waals surface area contributed by atoms with Gasteiger partial charge in [0.1, 0.15) is 5.70 Å². The summed E-state index contributed by atoms with van der Waals surface area (Å²) in [4.78, 5) is 17.7. The number of benzene rings is 1. The zero-order valence-electron chi connectivity index (χ0n) is 12.3. The lowest BCUT2D eigenvalue weighted by atomic mass is 10.1. The molecule has 0 aromatic heterocycles. The number of carbonyl (C=O) groups is 1. The van der Waals surface area contributed by atoms with E-state index in [9.17, 15) is 4.79 Å². The molecule has 0 N–H and O–H groups in total. The van der Waals surface area contributed by atoms with E-state index in [1.54, 1.807) is 9.80 Å². The highest BCUT2D eigenvalue weighted by Crippen LogP contribution is 2.22. The van der Waals surface area contributed by atoms with Gasteiger partial charge in [-0.25, -0.2) is 0 Å². The van der Waals surface area contributed by atoms with E-state index in [2.05, 4.69) is 0 Å². The van der Waals surface area contributed by atoms with Gasteiger partial charge in [0.05, 0.1) is 0 Å². The van der Waals surface area contributed by atoms with Gasteiger partial charge in [-0.3, -0.25) is 9.69 Å². The van der Waals surface area contributed by atoms with Gasteiger partial charge in [-0.05, 0) is 42.9 Å². The summed E-state index contributed by atoms with van der Waals surface area (Å²) < 4.78 is 0. The maximum atomic E-state index is 12.3. The SMILES string of the molecule is CCN1C(=O)/C(=C/c2ccc(N(C)C)cc2)N(C)C1=S. The van der Waals surface area contributed by atoms with E-state index < -0.39 is 0 Å². The minimum Gasteiger partial charge on any atom is -0.378 e. The van der Waals surface area contributed by atoms with Crippen molar-refractivity contribution in [2.45, 2.75) is 6.92 Å². The Balaban J connectivity index is 2.31. The summed E-state index contributed by atoms with van der Waals surface area (Å²) in [5, 5.41) is 0.564. The number of hydrogen-bond donors (Lipinski definition) is 0. The molecule has 0 saturated carbocycles. The van der Waals surface area contributed by atoms with Crippen molar-refractivity contribution in [1.82, 2.24) is 9.80 Å². The van der Waals surface area contributed by atoms with Gasteiger partial charge in [-0.2, -0.15) is 0 Å². The molecule has 0 spiro atoms. The van der Waals surface area contributed by atoms with Crippen molar-refractivity contribution in [2.24, 2.45) is 0 Å². The molecule has 0 radical (unpaired) electrons. The van der Waals surface area contributed by atoms with Crippen molar-refractivity contribution in [3.63, 3.8) is 0 Å². The Hall–Kier alpha value is -1.88. The van der Waals surface area contributed by atoms with Gasteiger partial charge < -0.3 is 9.80 Å². The smallest absolute Gasteiger partial charge is 0.276 e. The monoisotopic (exact) mass is 289 g/mol. The van der Waals surface area contributed by atoms with Crippen molar-refractivity contribution in [3.8, 4) is 0 Å². The molecule has 1 aliphatic heterocycles. The lowest BCUT2D eigenvalue weighted by molar-refractivity contribution is -0.122. The van der Waals surface area contributed by atoms with Gasteiger partial charge in [0.25, 0.3) is 5.91 Å². The summed E-state index contributed by atoms with van der Waals surface area (Å²) in [6.45, 7) is 2.52. The zero-order chi connectivity index (χ0) is 14.9. The minimum absolute atomic E-state index is 0.0308. The molecular formula is C15H19N3OS. The zero-order valence-corrected chi connectivity index (χ0v) is 13.1. The maximum absolute atomic E-state index is 12.3. The third-order valence-corrected chi connectivity index (χ3v) is 3.87. The summed E-state index contributed by atoms with van der Waals surface area (Å²) in [6.07, 6.45) is 1.88. The van der Waals surface area contributed by atoms with Crippen LogP contribution in [0.4, 0.5) is 5.69 Å². The summed E-state index contributed by atoms with van der Waals surface area (Å²) in [7, 11) is 5.83. The number of thiocarbonyl (C=S) groups is 1. The van der Waals surface area contributed by atoms with Crippen LogP contribution in [0.5, 0.6) is 0 Å². The Bertz CT molecular complexity index is 563. The highest BCUT2D eigenvalue weighted by molar-refractivity contribution is 7.80. The summed E-state index contributed by atoms with van der Waals surface area (Å²) in [5.74, 6) is -0.0308. The third kappa shape index (κ3) is 2.54. The first-order valence-corrected chi connectivity index (χ1v) is 6.95. The normalized spacial score (nSPS) is 17.3. The molecule has 1 amide bonds. The second-order valence-corrected chi connectivity index (χ2v) is 5.27. The standard InChI is InChI=1S/C15H19N3OS/c1-5-18-14(19)13(17(4)15(18)20)10-11-6-8-12(9-7-11)16(2)3/h6-10H,5H2,1-4H3/b13-10-. The topological polar surface area (TPSA) is 26.8 Å². The van der Waals surface area contributed by atoms with Crippen molar-refractivity contribution in [2.75, 3.05) is 32.6 Å². The Morgan fingerprint density at radius 1 is 1.25 bits per heavy atom. The van der Waals surface area contributed by atoms with E-state index in [-0.39, 0.29) is 5.91 Å². The second-order valence-electron chi connectivity index (χ2n) is 4.91. The van der Waals surface area contributed by atoms with Gasteiger partial charge in [0.15, 0.2) is 5.11 Å². The van der Waals surface area contributed by atoms with E-state index in [1.165, 1.54) is 0 Å². The molecule has 0 bridgehead atoms. The molecule has 0 aliphatic carbocycles. The van der Waals surface area contributed by atoms with Crippen molar-refractivity contribution < 1.29 is 4.79 Å². The van der Waals surface area contributed by atoms with Gasteiger partial charge >= 0.3 is 0 Å². The van der Waals surface area contributed by atoms with Crippen molar-refractivity contribution >= 4 is 35.0 Å². The fourth-order valence-electron chi connectivity index (χ4n) is 2.12. The number of amides is 1. The molecule has 1 aromatic rings. The van der Waals surface area contributed by atoms with Crippen molar-refractivity contribution in [3.05, 3.63) is 35.5 Å². The van der Waals surface area contributed by atoms with Gasteiger partial charge in [-0.15, -0.1) is 0 Å². The van der Waals surface area contributed by atoms with E-state index in [1.807, 2.05) is 63.3 Å². The molecule has 5 heteroatoms. The molecule has 106 valence electrons. The molecule has 1 fully saturated rings. The highest BCUT2D eigenvalue weighted by atomic mass is 32.1. The molecular weight excluding hydrogens is 270 g/mol. The molecule has 1 aromatic carbocycles. The fraction of sp³-hybridized carbons (Fsp3) is 0.333. The molecule has 4 nitrogen and oxygen atoms in total. The number of hydrogen-bond acceptors (Lipinski definition) is 3. The first-order valence-electron chi connectivity index (χ1n) is 6.54. The lowest BCUT2D eigenvalue weighted by Crippen LogP contribution is -2.30. The Morgan fingerprint density at radius 2 is 1.85 bits per heavy atom. The summed E-state index contributed by atoms with van der Waals surface area (Å²) >= 11 is 5.27. The van der Waals surface area contributed by atoms with Crippen LogP contribution in [-0.2, 0) is 4.79 Å². The number of rotatable bonds is 3. The van der Waals surface area contributed by atoms with Gasteiger partial charge in [-0.1, -0.05) is 12.1 Å². The van der Waals surface area contributed by atoms with Crippen LogP contribution in [0.1, 0.15) is 12.5 Å². The number of nitrogens with zero attached hydrogens (tertiary/aromatic N) is 3. The lowest BCUT2D eigenvalue weighted by Gasteiger charge is -2.13. The average molecular weight is 289 g/mol. The van der Waals surface area contributed by atoms with E-state index >= 15 is 0 Å². The quantitative estimate of drug-likeness (QED) is 0.629. The van der Waals surface area contributed by atoms with Crippen LogP contribution in [0.25, 0.3) is 6.08 Å². The third-order valence-electron chi connectivity index (χ3n) is 3.37. The van der Waals surface area contributed by atoms with E-state index in [0.717, 1.165) is 11.3 Å². The number of anilines is 1. The van der Waals surface area contributed by atoms with Crippen LogP contribution < -0.4 is 4.90 Å². The minimum atomic E-state index is -0.0308. The number of likely N-dealkylation sites (N-methyl/N-ethyl adjacent to an activating group) is 2. The Morgan fingerprint density at radius 3 is 2.30 bits per heavy atom. The number of carbonyl (C=O) groups excluding carboxylic acids is 1. The molecule has 20 heavy (non-hydrogen) atoms. The second kappa shape index (κ2) is 5.63. The van der Waals surface area contributed by atoms with Crippen LogP contribution in [0.15, 0.2) is 30.0 Å². The van der Waals surface area contributed by atoms with E-state index in [4.69, 9.17) is 12.2 Å². The van der Waals surface area contributed by atoms with Crippen LogP contribution in [0, 0.1) is 0 Å². The predicted molar refractivity (Wildman–Crippen MR) is 86.5 cm³/mol. The maximum Gasteiger partial charge on any atom is 0.276 e. The Kier molecular flexibility index (Phi) is 4.09. The van der Waals surface area contributed by atoms with Crippen molar-refractivity contribution in [1.29, 1.82) is 0 Å². The van der Waals surface area contributed by atoms with Crippen LogP contribution in [0.3, 0.4) is 0 Å². The highest BCUT2D eigenvalue weighted by Gasteiger charge is 2.34. The van der Waals surface area contributed by atoms with Crippen LogP contribution in [-0.4, -0.2) is 48.5 Å². The first-order chi connectivity index (χ1) is 9.45. The van der Waals surface area contributed by atoms with Gasteiger partial charge in [0.2, 0.25) is 0 Å². The molecule has 1 heterocycles. The molecule has 2 rings (SSSR count). The molecule has 1 aliphatic rings. The Labute approximate surface area is 125 Å². The molecule has 1 saturated heterocycles. The summed E-state index contributed by atoms with van der Waals surface area (Å²) in [5.41, 5.74) is 2.74. The molecule has 0 atom stereocenters. The van der Waals surface area contributed by atoms with Gasteiger partial charge in [0, 0.05) is 33.4 Å². The fourth-order valence-corrected chi connectivity index (χ4v) is 2.43. The molecule has 0 unspecified atom stereocenters. The van der Waals surface area contributed by atoms with E-state index in [0.29, 0.717) is 17.4 Å². The average Bonchev–Trinajstić information content (AvgIpc) is 2.63. The van der Waals surface area contributed by atoms with Crippen LogP contribution >= 0.6 is 12.2 Å². The largest absolute Gasteiger partial charge is 0.378 e.